The number of amides is 2. The Kier molecular flexibility index (Phi) is 4.56. The summed E-state index contributed by atoms with van der Waals surface area (Å²) >= 11 is 4.72. The molecule has 1 aromatic rings. The van der Waals surface area contributed by atoms with Gasteiger partial charge in [-0.05, 0) is 24.4 Å². The summed E-state index contributed by atoms with van der Waals surface area (Å²) in [5, 5.41) is 7.07. The number of methoxy groups -OCH3 is 2. The molecule has 2 rings (SSSR count). The van der Waals surface area contributed by atoms with Crippen molar-refractivity contribution in [1.82, 2.24) is 10.6 Å². The van der Waals surface area contributed by atoms with Gasteiger partial charge in [-0.3, -0.25) is 14.4 Å². The van der Waals surface area contributed by atoms with Gasteiger partial charge in [0, 0.05) is 6.07 Å². The zero-order valence-corrected chi connectivity index (χ0v) is 12.6. The Morgan fingerprint density at radius 2 is 2.00 bits per heavy atom. The summed E-state index contributed by atoms with van der Waals surface area (Å²) in [7, 11) is 2.90. The minimum Gasteiger partial charge on any atom is -0.497 e. The molecule has 1 aliphatic rings. The molecule has 1 atom stereocenters. The second kappa shape index (κ2) is 6.39. The Hall–Kier alpha value is -2.68. The largest absolute Gasteiger partial charge is 0.497 e. The summed E-state index contributed by atoms with van der Waals surface area (Å²) in [6.07, 6.45) is 0. The number of ketones is 1. The van der Waals surface area contributed by atoms with Crippen molar-refractivity contribution in [3.05, 3.63) is 18.2 Å². The monoisotopic (exact) mass is 323 g/mol. The lowest BCUT2D eigenvalue weighted by Gasteiger charge is -2.12. The van der Waals surface area contributed by atoms with Crippen LogP contribution >= 0.6 is 12.2 Å². The maximum Gasteiger partial charge on any atom is 0.294 e. The van der Waals surface area contributed by atoms with Crippen LogP contribution in [0.25, 0.3) is 0 Å². The van der Waals surface area contributed by atoms with Crippen molar-refractivity contribution in [2.75, 3.05) is 19.5 Å². The smallest absolute Gasteiger partial charge is 0.294 e. The van der Waals surface area contributed by atoms with Gasteiger partial charge in [-0.1, -0.05) is 0 Å². The summed E-state index contributed by atoms with van der Waals surface area (Å²) in [5.74, 6) is -1.72. The molecular weight excluding hydrogens is 310 g/mol. The second-order valence-corrected chi connectivity index (χ2v) is 4.69. The minimum absolute atomic E-state index is 0.0122. The number of rotatable bonds is 5. The van der Waals surface area contributed by atoms with E-state index in [1.807, 2.05) is 0 Å². The molecule has 2 amide bonds. The van der Waals surface area contributed by atoms with Crippen molar-refractivity contribution in [1.29, 1.82) is 0 Å². The van der Waals surface area contributed by atoms with Gasteiger partial charge in [0.05, 0.1) is 19.9 Å². The topological polar surface area (TPSA) is 106 Å². The Morgan fingerprint density at radius 1 is 1.27 bits per heavy atom. The van der Waals surface area contributed by atoms with Crippen molar-refractivity contribution in [3.63, 3.8) is 0 Å². The van der Waals surface area contributed by atoms with Crippen molar-refractivity contribution in [3.8, 4) is 11.5 Å². The highest BCUT2D eigenvalue weighted by atomic mass is 32.1. The van der Waals surface area contributed by atoms with E-state index in [0.717, 1.165) is 0 Å². The van der Waals surface area contributed by atoms with E-state index in [2.05, 4.69) is 16.0 Å². The van der Waals surface area contributed by atoms with E-state index >= 15 is 0 Å². The zero-order valence-electron chi connectivity index (χ0n) is 11.8. The summed E-state index contributed by atoms with van der Waals surface area (Å²) in [6, 6.07) is 3.35. The average molecular weight is 323 g/mol. The maximum atomic E-state index is 12.0. The van der Waals surface area contributed by atoms with Crippen LogP contribution in [0.2, 0.25) is 0 Å². The molecule has 1 saturated heterocycles. The second-order valence-electron chi connectivity index (χ2n) is 4.28. The molecule has 0 aliphatic carbocycles. The number of ether oxygens (including phenoxy) is 2. The van der Waals surface area contributed by atoms with Gasteiger partial charge in [-0.25, -0.2) is 0 Å². The van der Waals surface area contributed by atoms with E-state index < -0.39 is 23.6 Å². The predicted octanol–water partition coefficient (Wildman–Crippen LogP) is -0.416. The Balaban J connectivity index is 2.13. The normalized spacial score (nSPS) is 16.5. The Bertz CT molecular complexity index is 661. The molecule has 1 aromatic carbocycles. The highest BCUT2D eigenvalue weighted by molar-refractivity contribution is 7.80. The molecule has 3 N–H and O–H groups in total. The number of Topliss-reactive ketones (excluding diaryl/α,β-unsaturated/α-hetero) is 1. The molecule has 1 fully saturated rings. The molecule has 0 aromatic heterocycles. The first-order valence-electron chi connectivity index (χ1n) is 6.15. The Labute approximate surface area is 131 Å². The number of nitrogens with one attached hydrogen (secondary N) is 3. The minimum atomic E-state index is -1.32. The predicted molar refractivity (Wildman–Crippen MR) is 80.8 cm³/mol. The summed E-state index contributed by atoms with van der Waals surface area (Å²) < 4.78 is 10.1. The maximum absolute atomic E-state index is 12.0. The third-order valence-electron chi connectivity index (χ3n) is 2.92. The van der Waals surface area contributed by atoms with Crippen molar-refractivity contribution < 1.29 is 23.9 Å². The van der Waals surface area contributed by atoms with Crippen LogP contribution in [0.5, 0.6) is 11.5 Å². The van der Waals surface area contributed by atoms with E-state index in [1.165, 1.54) is 20.3 Å². The van der Waals surface area contributed by atoms with Crippen LogP contribution in [0, 0.1) is 0 Å². The lowest BCUT2D eigenvalue weighted by Crippen LogP contribution is -2.43. The van der Waals surface area contributed by atoms with Gasteiger partial charge >= 0.3 is 0 Å². The molecule has 9 heteroatoms. The standard InChI is InChI=1S/C13H13N3O5S/c1-20-6-3-4-7(8(5-6)21-2)14-12(19)10(17)9-11(18)16-13(22)15-9/h3-5,9H,1-2H3,(H,14,19)(H2,15,16,18,22)/t9-/m0/s1. The van der Waals surface area contributed by atoms with Crippen molar-refractivity contribution >= 4 is 40.6 Å². The number of carbonyl (C=O) groups excluding carboxylic acids is 3. The summed E-state index contributed by atoms with van der Waals surface area (Å²) in [5.41, 5.74) is 0.280. The molecule has 1 heterocycles. The van der Waals surface area contributed by atoms with E-state index in [4.69, 9.17) is 21.7 Å². The fourth-order valence-electron chi connectivity index (χ4n) is 1.82. The number of hydrogen-bond donors (Lipinski definition) is 3. The molecule has 22 heavy (non-hydrogen) atoms. The van der Waals surface area contributed by atoms with Crippen LogP contribution in [0.3, 0.4) is 0 Å². The van der Waals surface area contributed by atoms with Crippen molar-refractivity contribution in [2.45, 2.75) is 6.04 Å². The van der Waals surface area contributed by atoms with Crippen LogP contribution in [0.4, 0.5) is 5.69 Å². The molecule has 0 spiro atoms. The first-order chi connectivity index (χ1) is 10.5. The first-order valence-corrected chi connectivity index (χ1v) is 6.55. The summed E-state index contributed by atoms with van der Waals surface area (Å²) in [6.45, 7) is 0. The highest BCUT2D eigenvalue weighted by Gasteiger charge is 2.37. The Morgan fingerprint density at radius 3 is 2.55 bits per heavy atom. The van der Waals surface area contributed by atoms with E-state index in [9.17, 15) is 14.4 Å². The summed E-state index contributed by atoms with van der Waals surface area (Å²) in [4.78, 5) is 35.4. The van der Waals surface area contributed by atoms with Crippen LogP contribution < -0.4 is 25.4 Å². The highest BCUT2D eigenvalue weighted by Crippen LogP contribution is 2.28. The molecule has 0 unspecified atom stereocenters. The molecule has 116 valence electrons. The van der Waals surface area contributed by atoms with Crippen LogP contribution in [0.1, 0.15) is 0 Å². The number of thiocarbonyl (C=S) groups is 1. The van der Waals surface area contributed by atoms with Crippen LogP contribution in [-0.2, 0) is 14.4 Å². The SMILES string of the molecule is COc1ccc(NC(=O)C(=O)[C@@H]2NC(=S)NC2=O)c(OC)c1. The quantitative estimate of drug-likeness (QED) is 0.384. The molecule has 0 bridgehead atoms. The van der Waals surface area contributed by atoms with Gasteiger partial charge in [0.25, 0.3) is 17.6 Å². The molecule has 0 radical (unpaired) electrons. The van der Waals surface area contributed by atoms with E-state index in [0.29, 0.717) is 11.5 Å². The molecule has 0 saturated carbocycles. The van der Waals surface area contributed by atoms with Gasteiger partial charge in [0.15, 0.2) is 11.2 Å². The van der Waals surface area contributed by atoms with Gasteiger partial charge in [0.2, 0.25) is 0 Å². The fourth-order valence-corrected chi connectivity index (χ4v) is 2.04. The van der Waals surface area contributed by atoms with Crippen LogP contribution in [0.15, 0.2) is 18.2 Å². The average Bonchev–Trinajstić information content (AvgIpc) is 2.85. The van der Waals surface area contributed by atoms with Gasteiger partial charge < -0.3 is 25.4 Å². The van der Waals surface area contributed by atoms with Crippen LogP contribution in [-0.4, -0.2) is 43.0 Å². The number of anilines is 1. The first kappa shape index (κ1) is 15.7. The lowest BCUT2D eigenvalue weighted by molar-refractivity contribution is -0.138. The third-order valence-corrected chi connectivity index (χ3v) is 3.14. The molecule has 1 aliphatic heterocycles. The van der Waals surface area contributed by atoms with E-state index in [-0.39, 0.29) is 10.8 Å². The number of benzene rings is 1. The zero-order chi connectivity index (χ0) is 16.3. The van der Waals surface area contributed by atoms with Gasteiger partial charge in [0.1, 0.15) is 11.5 Å². The lowest BCUT2D eigenvalue weighted by atomic mass is 10.1. The fraction of sp³-hybridized carbons (Fsp3) is 0.231. The number of carbonyl (C=O) groups is 3. The van der Waals surface area contributed by atoms with Gasteiger partial charge in [-0.2, -0.15) is 0 Å². The number of hydrogen-bond acceptors (Lipinski definition) is 6. The molecule has 8 nitrogen and oxygen atoms in total. The van der Waals surface area contributed by atoms with E-state index in [1.54, 1.807) is 12.1 Å². The van der Waals surface area contributed by atoms with Gasteiger partial charge in [-0.15, -0.1) is 0 Å². The third kappa shape index (κ3) is 3.14. The van der Waals surface area contributed by atoms with Crippen molar-refractivity contribution in [2.24, 2.45) is 0 Å². The molecular formula is C13H13N3O5S.